The molecule has 20 heavy (non-hydrogen) atoms. The number of ether oxygens (including phenoxy) is 1. The van der Waals surface area contributed by atoms with Crippen LogP contribution in [0.1, 0.15) is 12.0 Å². The summed E-state index contributed by atoms with van der Waals surface area (Å²) in [6.45, 7) is 6.21. The molecular weight excluding hydrogens is 274 g/mol. The molecule has 0 aliphatic carbocycles. The zero-order valence-electron chi connectivity index (χ0n) is 12.4. The Labute approximate surface area is 126 Å². The molecule has 0 aromatic carbocycles. The Morgan fingerprint density at radius 1 is 1.55 bits per heavy atom. The fraction of sp³-hybridized carbons (Fsp3) is 0.667. The highest BCUT2D eigenvalue weighted by Crippen LogP contribution is 2.19. The Morgan fingerprint density at radius 2 is 2.40 bits per heavy atom. The van der Waals surface area contributed by atoms with Crippen molar-refractivity contribution < 1.29 is 4.74 Å². The predicted molar refractivity (Wildman–Crippen MR) is 82.0 cm³/mol. The first-order chi connectivity index (χ1) is 9.69. The van der Waals surface area contributed by atoms with Crippen LogP contribution in [0.4, 0.5) is 0 Å². The number of hydrogen-bond acceptors (Lipinski definition) is 4. The third kappa shape index (κ3) is 4.70. The predicted octanol–water partition coefficient (Wildman–Crippen LogP) is 2.14. The van der Waals surface area contributed by atoms with E-state index in [1.807, 2.05) is 12.3 Å². The molecule has 1 atom stereocenters. The summed E-state index contributed by atoms with van der Waals surface area (Å²) in [7, 11) is 3.92. The third-order valence-electron chi connectivity index (χ3n) is 3.84. The fourth-order valence-corrected chi connectivity index (χ4v) is 2.97. The van der Waals surface area contributed by atoms with Gasteiger partial charge in [0.15, 0.2) is 0 Å². The number of hydrogen-bond donors (Lipinski definition) is 0. The molecule has 1 aliphatic rings. The number of halogens is 1. The fourth-order valence-electron chi connectivity index (χ4n) is 2.81. The van der Waals surface area contributed by atoms with Crippen molar-refractivity contribution in [3.8, 4) is 0 Å². The highest BCUT2D eigenvalue weighted by Gasteiger charge is 2.23. The number of aromatic nitrogens is 1. The average Bonchev–Trinajstić information content (AvgIpc) is 2.86. The molecule has 1 aromatic rings. The second-order valence-corrected chi connectivity index (χ2v) is 6.02. The van der Waals surface area contributed by atoms with Crippen molar-refractivity contribution in [2.75, 3.05) is 46.9 Å². The van der Waals surface area contributed by atoms with Gasteiger partial charge in [-0.05, 0) is 32.0 Å². The number of pyridine rings is 1. The lowest BCUT2D eigenvalue weighted by Crippen LogP contribution is -2.29. The van der Waals surface area contributed by atoms with E-state index in [1.165, 1.54) is 19.5 Å². The Balaban J connectivity index is 1.75. The van der Waals surface area contributed by atoms with Crippen LogP contribution in [0.5, 0.6) is 0 Å². The maximum Gasteiger partial charge on any atom is 0.0589 e. The Hall–Kier alpha value is -0.680. The lowest BCUT2D eigenvalue weighted by molar-refractivity contribution is 0.157. The maximum atomic E-state index is 6.18. The van der Waals surface area contributed by atoms with Crippen LogP contribution in [0.3, 0.4) is 0 Å². The summed E-state index contributed by atoms with van der Waals surface area (Å²) in [5.74, 6) is 0.743. The molecule has 0 radical (unpaired) electrons. The molecule has 5 heteroatoms. The van der Waals surface area contributed by atoms with Crippen molar-refractivity contribution in [1.29, 1.82) is 0 Å². The zero-order chi connectivity index (χ0) is 14.4. The topological polar surface area (TPSA) is 28.6 Å². The summed E-state index contributed by atoms with van der Waals surface area (Å²) in [4.78, 5) is 8.97. The van der Waals surface area contributed by atoms with E-state index in [4.69, 9.17) is 16.3 Å². The number of likely N-dealkylation sites (tertiary alicyclic amines) is 1. The quantitative estimate of drug-likeness (QED) is 0.771. The number of methoxy groups -OCH3 is 1. The van der Waals surface area contributed by atoms with Gasteiger partial charge in [0, 0.05) is 56.3 Å². The van der Waals surface area contributed by atoms with Crippen molar-refractivity contribution in [3.63, 3.8) is 0 Å². The number of rotatable bonds is 7. The van der Waals surface area contributed by atoms with Gasteiger partial charge in [-0.1, -0.05) is 11.6 Å². The van der Waals surface area contributed by atoms with E-state index >= 15 is 0 Å². The van der Waals surface area contributed by atoms with Crippen molar-refractivity contribution in [1.82, 2.24) is 14.8 Å². The van der Waals surface area contributed by atoms with E-state index in [2.05, 4.69) is 21.8 Å². The minimum atomic E-state index is 0.743. The van der Waals surface area contributed by atoms with Crippen LogP contribution >= 0.6 is 11.6 Å². The SMILES string of the molecule is COCCN1CCC(CN(C)Cc2cnccc2Cl)C1. The van der Waals surface area contributed by atoms with E-state index in [9.17, 15) is 0 Å². The first-order valence-electron chi connectivity index (χ1n) is 7.17. The van der Waals surface area contributed by atoms with Crippen LogP contribution in [0.2, 0.25) is 5.02 Å². The van der Waals surface area contributed by atoms with Crippen LogP contribution in [0, 0.1) is 5.92 Å². The van der Waals surface area contributed by atoms with Gasteiger partial charge in [-0.25, -0.2) is 0 Å². The first-order valence-corrected chi connectivity index (χ1v) is 7.55. The van der Waals surface area contributed by atoms with Crippen molar-refractivity contribution in [3.05, 3.63) is 29.0 Å². The van der Waals surface area contributed by atoms with E-state index in [1.54, 1.807) is 13.3 Å². The molecule has 4 nitrogen and oxygen atoms in total. The van der Waals surface area contributed by atoms with Crippen molar-refractivity contribution >= 4 is 11.6 Å². The van der Waals surface area contributed by atoms with Gasteiger partial charge in [0.05, 0.1) is 6.61 Å². The summed E-state index contributed by atoms with van der Waals surface area (Å²) >= 11 is 6.18. The molecule has 2 rings (SSSR count). The summed E-state index contributed by atoms with van der Waals surface area (Å²) in [6, 6.07) is 1.85. The first kappa shape index (κ1) is 15.7. The van der Waals surface area contributed by atoms with Crippen LogP contribution in [-0.4, -0.2) is 61.7 Å². The smallest absolute Gasteiger partial charge is 0.0589 e. The molecule has 1 fully saturated rings. The largest absolute Gasteiger partial charge is 0.383 e. The summed E-state index contributed by atoms with van der Waals surface area (Å²) < 4.78 is 5.14. The summed E-state index contributed by atoms with van der Waals surface area (Å²) in [5, 5.41) is 0.806. The van der Waals surface area contributed by atoms with E-state index in [-0.39, 0.29) is 0 Å². The zero-order valence-corrected chi connectivity index (χ0v) is 13.1. The normalized spacial score (nSPS) is 19.9. The molecule has 2 heterocycles. The molecule has 1 saturated heterocycles. The second-order valence-electron chi connectivity index (χ2n) is 5.61. The number of nitrogens with zero attached hydrogens (tertiary/aromatic N) is 3. The molecule has 0 N–H and O–H groups in total. The molecule has 0 saturated carbocycles. The second kappa shape index (κ2) is 7.93. The van der Waals surface area contributed by atoms with E-state index in [0.717, 1.165) is 42.7 Å². The Morgan fingerprint density at radius 3 is 3.15 bits per heavy atom. The minimum Gasteiger partial charge on any atom is -0.383 e. The van der Waals surface area contributed by atoms with E-state index in [0.29, 0.717) is 0 Å². The third-order valence-corrected chi connectivity index (χ3v) is 4.20. The van der Waals surface area contributed by atoms with Gasteiger partial charge >= 0.3 is 0 Å². The van der Waals surface area contributed by atoms with Crippen LogP contribution in [-0.2, 0) is 11.3 Å². The van der Waals surface area contributed by atoms with Gasteiger partial charge in [0.1, 0.15) is 0 Å². The molecule has 0 spiro atoms. The molecule has 0 bridgehead atoms. The van der Waals surface area contributed by atoms with Gasteiger partial charge in [-0.3, -0.25) is 4.98 Å². The summed E-state index contributed by atoms with van der Waals surface area (Å²) in [6.07, 6.45) is 4.86. The standard InChI is InChI=1S/C15H24ClN3O/c1-18(12-14-9-17-5-3-15(14)16)10-13-4-6-19(11-13)7-8-20-2/h3,5,9,13H,4,6-8,10-12H2,1-2H3. The molecule has 1 aliphatic heterocycles. The summed E-state index contributed by atoms with van der Waals surface area (Å²) in [5.41, 5.74) is 1.10. The lowest BCUT2D eigenvalue weighted by Gasteiger charge is -2.22. The van der Waals surface area contributed by atoms with Gasteiger partial charge < -0.3 is 14.5 Å². The highest BCUT2D eigenvalue weighted by atomic mass is 35.5. The van der Waals surface area contributed by atoms with Gasteiger partial charge in [-0.2, -0.15) is 0 Å². The van der Waals surface area contributed by atoms with Gasteiger partial charge in [0.25, 0.3) is 0 Å². The van der Waals surface area contributed by atoms with Crippen molar-refractivity contribution in [2.24, 2.45) is 5.92 Å². The Kier molecular flexibility index (Phi) is 6.23. The van der Waals surface area contributed by atoms with E-state index < -0.39 is 0 Å². The molecular formula is C15H24ClN3O. The molecule has 1 unspecified atom stereocenters. The van der Waals surface area contributed by atoms with Crippen LogP contribution < -0.4 is 0 Å². The molecule has 1 aromatic heterocycles. The maximum absolute atomic E-state index is 6.18. The minimum absolute atomic E-state index is 0.743. The van der Waals surface area contributed by atoms with Crippen LogP contribution in [0.15, 0.2) is 18.5 Å². The highest BCUT2D eigenvalue weighted by molar-refractivity contribution is 6.31. The molecule has 0 amide bonds. The molecule has 112 valence electrons. The lowest BCUT2D eigenvalue weighted by atomic mass is 10.1. The van der Waals surface area contributed by atoms with Crippen LogP contribution in [0.25, 0.3) is 0 Å². The van der Waals surface area contributed by atoms with Gasteiger partial charge in [0.2, 0.25) is 0 Å². The Bertz CT molecular complexity index is 416. The van der Waals surface area contributed by atoms with Gasteiger partial charge in [-0.15, -0.1) is 0 Å². The monoisotopic (exact) mass is 297 g/mol. The average molecular weight is 298 g/mol. The van der Waals surface area contributed by atoms with Crippen molar-refractivity contribution in [2.45, 2.75) is 13.0 Å².